The number of carboxylic acids is 2. The highest BCUT2D eigenvalue weighted by atomic mass is 32.1. The van der Waals surface area contributed by atoms with Gasteiger partial charge in [0.15, 0.2) is 0 Å². The Kier molecular flexibility index (Phi) is 3.25. The van der Waals surface area contributed by atoms with E-state index in [9.17, 15) is 14.4 Å². The summed E-state index contributed by atoms with van der Waals surface area (Å²) in [7, 11) is 0. The van der Waals surface area contributed by atoms with Gasteiger partial charge in [0.25, 0.3) is 0 Å². The normalized spacial score (nSPS) is 10.2. The van der Waals surface area contributed by atoms with E-state index in [1.807, 2.05) is 0 Å². The lowest BCUT2D eigenvalue weighted by Gasteiger charge is -2.01. The quantitative estimate of drug-likeness (QED) is 0.781. The number of carbonyl (C=O) groups is 2. The third kappa shape index (κ3) is 2.44. The van der Waals surface area contributed by atoms with Crippen LogP contribution in [0.4, 0.5) is 0 Å². The second-order valence-corrected chi connectivity index (χ2v) is 3.84. The smallest absolute Gasteiger partial charge is 0.347 e. The van der Waals surface area contributed by atoms with Crippen molar-refractivity contribution < 1.29 is 19.8 Å². The standard InChI is InChI=1S/C8H9NO5S/c1-4-6(7(12)13)15-8(14)9(4)3-2-5(10)11/h2-3H2,1H3,(H,10,11)(H,12,13). The second-order valence-electron chi connectivity index (χ2n) is 2.88. The van der Waals surface area contributed by atoms with Crippen molar-refractivity contribution in [1.82, 2.24) is 4.57 Å². The number of aliphatic carboxylic acids is 1. The maximum atomic E-state index is 11.3. The van der Waals surface area contributed by atoms with Crippen LogP contribution in [0.5, 0.6) is 0 Å². The van der Waals surface area contributed by atoms with Crippen LogP contribution in [-0.4, -0.2) is 26.7 Å². The zero-order chi connectivity index (χ0) is 11.6. The number of carboxylic acid groups (broad SMARTS) is 2. The summed E-state index contributed by atoms with van der Waals surface area (Å²) in [4.78, 5) is 31.8. The molecule has 0 fully saturated rings. The molecule has 0 atom stereocenters. The largest absolute Gasteiger partial charge is 0.481 e. The molecule has 1 aromatic heterocycles. The van der Waals surface area contributed by atoms with E-state index in [-0.39, 0.29) is 17.8 Å². The Balaban J connectivity index is 3.03. The number of nitrogens with zero attached hydrogens (tertiary/aromatic N) is 1. The first kappa shape index (κ1) is 11.4. The molecule has 0 saturated heterocycles. The molecule has 6 nitrogen and oxygen atoms in total. The topological polar surface area (TPSA) is 96.6 Å². The number of rotatable bonds is 4. The number of hydrogen-bond donors (Lipinski definition) is 2. The minimum atomic E-state index is -1.16. The lowest BCUT2D eigenvalue weighted by atomic mass is 10.3. The van der Waals surface area contributed by atoms with Gasteiger partial charge in [-0.05, 0) is 6.92 Å². The van der Waals surface area contributed by atoms with Crippen molar-refractivity contribution in [3.63, 3.8) is 0 Å². The van der Waals surface area contributed by atoms with E-state index in [1.54, 1.807) is 0 Å². The maximum Gasteiger partial charge on any atom is 0.347 e. The summed E-state index contributed by atoms with van der Waals surface area (Å²) in [5.74, 6) is -2.19. The van der Waals surface area contributed by atoms with Crippen LogP contribution in [-0.2, 0) is 11.3 Å². The number of aromatic carboxylic acids is 1. The molecule has 0 spiro atoms. The molecule has 7 heteroatoms. The Morgan fingerprint density at radius 2 is 2.00 bits per heavy atom. The van der Waals surface area contributed by atoms with Crippen LogP contribution in [0.3, 0.4) is 0 Å². The molecular formula is C8H9NO5S. The van der Waals surface area contributed by atoms with Gasteiger partial charge in [-0.3, -0.25) is 9.59 Å². The van der Waals surface area contributed by atoms with Gasteiger partial charge < -0.3 is 14.8 Å². The van der Waals surface area contributed by atoms with Crippen molar-refractivity contribution in [2.24, 2.45) is 0 Å². The van der Waals surface area contributed by atoms with E-state index in [1.165, 1.54) is 11.5 Å². The molecule has 0 saturated carbocycles. The van der Waals surface area contributed by atoms with Gasteiger partial charge in [0.2, 0.25) is 0 Å². The molecule has 2 N–H and O–H groups in total. The van der Waals surface area contributed by atoms with E-state index in [2.05, 4.69) is 0 Å². The van der Waals surface area contributed by atoms with Crippen molar-refractivity contribution in [2.45, 2.75) is 19.9 Å². The lowest BCUT2D eigenvalue weighted by Crippen LogP contribution is -2.16. The fourth-order valence-corrected chi connectivity index (χ4v) is 2.00. The van der Waals surface area contributed by atoms with Gasteiger partial charge in [0.05, 0.1) is 6.42 Å². The van der Waals surface area contributed by atoms with Gasteiger partial charge in [0, 0.05) is 12.2 Å². The maximum absolute atomic E-state index is 11.3. The fourth-order valence-electron chi connectivity index (χ4n) is 1.14. The molecule has 1 aromatic rings. The van der Waals surface area contributed by atoms with Gasteiger partial charge in [-0.15, -0.1) is 0 Å². The van der Waals surface area contributed by atoms with Gasteiger partial charge in [0.1, 0.15) is 4.88 Å². The summed E-state index contributed by atoms with van der Waals surface area (Å²) in [6.07, 6.45) is -0.198. The summed E-state index contributed by atoms with van der Waals surface area (Å²) in [5, 5.41) is 17.2. The van der Waals surface area contributed by atoms with E-state index in [0.717, 1.165) is 0 Å². The van der Waals surface area contributed by atoms with Crippen LogP contribution < -0.4 is 4.87 Å². The van der Waals surface area contributed by atoms with Crippen LogP contribution in [0.1, 0.15) is 21.8 Å². The van der Waals surface area contributed by atoms with E-state index in [4.69, 9.17) is 10.2 Å². The molecule has 1 rings (SSSR count). The molecule has 0 bridgehead atoms. The SMILES string of the molecule is Cc1c(C(=O)O)sc(=O)n1CCC(=O)O. The Labute approximate surface area is 88.4 Å². The average molecular weight is 231 g/mol. The molecule has 0 aliphatic rings. The summed E-state index contributed by atoms with van der Waals surface area (Å²) in [5.41, 5.74) is 0.304. The Morgan fingerprint density at radius 3 is 2.40 bits per heavy atom. The van der Waals surface area contributed by atoms with E-state index < -0.39 is 16.8 Å². The highest BCUT2D eigenvalue weighted by Gasteiger charge is 2.16. The highest BCUT2D eigenvalue weighted by molar-refractivity contribution is 7.11. The predicted octanol–water partition coefficient (Wildman–Crippen LogP) is 0.391. The van der Waals surface area contributed by atoms with Crippen LogP contribution in [0, 0.1) is 6.92 Å². The average Bonchev–Trinajstić information content (AvgIpc) is 2.39. The Bertz CT molecular complexity index is 458. The van der Waals surface area contributed by atoms with Crippen LogP contribution in [0.25, 0.3) is 0 Å². The minimum Gasteiger partial charge on any atom is -0.481 e. The molecule has 82 valence electrons. The van der Waals surface area contributed by atoms with Crippen molar-refractivity contribution in [3.8, 4) is 0 Å². The minimum absolute atomic E-state index is 0.00375. The van der Waals surface area contributed by atoms with Crippen molar-refractivity contribution in [3.05, 3.63) is 20.2 Å². The zero-order valence-electron chi connectivity index (χ0n) is 7.89. The molecule has 0 aliphatic carbocycles. The van der Waals surface area contributed by atoms with E-state index >= 15 is 0 Å². The fraction of sp³-hybridized carbons (Fsp3) is 0.375. The third-order valence-corrected chi connectivity index (χ3v) is 2.96. The molecular weight excluding hydrogens is 222 g/mol. The van der Waals surface area contributed by atoms with Crippen LogP contribution >= 0.6 is 11.3 Å². The van der Waals surface area contributed by atoms with Crippen molar-refractivity contribution >= 4 is 23.3 Å². The molecule has 1 heterocycles. The van der Waals surface area contributed by atoms with Gasteiger partial charge in [-0.25, -0.2) is 4.79 Å². The molecule has 0 aliphatic heterocycles. The van der Waals surface area contributed by atoms with Crippen molar-refractivity contribution in [2.75, 3.05) is 0 Å². The summed E-state index contributed by atoms with van der Waals surface area (Å²) in [6, 6.07) is 0. The highest BCUT2D eigenvalue weighted by Crippen LogP contribution is 2.11. The van der Waals surface area contributed by atoms with E-state index in [0.29, 0.717) is 17.0 Å². The van der Waals surface area contributed by atoms with Gasteiger partial charge in [-0.1, -0.05) is 11.3 Å². The number of hydrogen-bond acceptors (Lipinski definition) is 4. The van der Waals surface area contributed by atoms with Crippen LogP contribution in [0.15, 0.2) is 4.79 Å². The first-order valence-corrected chi connectivity index (χ1v) is 4.90. The molecule has 15 heavy (non-hydrogen) atoms. The molecule has 0 amide bonds. The molecule has 0 radical (unpaired) electrons. The summed E-state index contributed by atoms with van der Waals surface area (Å²) < 4.78 is 1.17. The second kappa shape index (κ2) is 4.26. The summed E-state index contributed by atoms with van der Waals surface area (Å²) >= 11 is 0.616. The molecule has 0 aromatic carbocycles. The predicted molar refractivity (Wildman–Crippen MR) is 52.5 cm³/mol. The zero-order valence-corrected chi connectivity index (χ0v) is 8.71. The monoisotopic (exact) mass is 231 g/mol. The number of thiazole rings is 1. The van der Waals surface area contributed by atoms with Gasteiger partial charge in [-0.2, -0.15) is 0 Å². The lowest BCUT2D eigenvalue weighted by molar-refractivity contribution is -0.137. The summed E-state index contributed by atoms with van der Waals surface area (Å²) in [6.45, 7) is 1.49. The Morgan fingerprint density at radius 1 is 1.40 bits per heavy atom. The number of aromatic nitrogens is 1. The third-order valence-electron chi connectivity index (χ3n) is 1.89. The Hall–Kier alpha value is -1.63. The van der Waals surface area contributed by atoms with Gasteiger partial charge >= 0.3 is 16.8 Å². The first-order valence-electron chi connectivity index (χ1n) is 4.08. The van der Waals surface area contributed by atoms with Crippen molar-refractivity contribution in [1.29, 1.82) is 0 Å². The molecule has 0 unspecified atom stereocenters. The van der Waals surface area contributed by atoms with Crippen LogP contribution in [0.2, 0.25) is 0 Å². The first-order chi connectivity index (χ1) is 6.93.